The van der Waals surface area contributed by atoms with Gasteiger partial charge in [0.25, 0.3) is 0 Å². The van der Waals surface area contributed by atoms with Crippen molar-refractivity contribution in [2.24, 2.45) is 4.99 Å². The molecule has 206 valence electrons. The summed E-state index contributed by atoms with van der Waals surface area (Å²) in [5.41, 5.74) is 3.61. The second kappa shape index (κ2) is 11.8. The van der Waals surface area contributed by atoms with Crippen LogP contribution >= 0.6 is 0 Å². The molecule has 1 saturated heterocycles. The zero-order valence-electron chi connectivity index (χ0n) is 23.5. The second-order valence-electron chi connectivity index (χ2n) is 10.8. The summed E-state index contributed by atoms with van der Waals surface area (Å²) in [7, 11) is 1.55. The summed E-state index contributed by atoms with van der Waals surface area (Å²) in [4.78, 5) is 26.3. The normalized spacial score (nSPS) is 14.5. The summed E-state index contributed by atoms with van der Waals surface area (Å²) >= 11 is 0. The fraction of sp³-hybridized carbons (Fsp3) is 0.387. The summed E-state index contributed by atoms with van der Waals surface area (Å²) in [6, 6.07) is 14.5. The van der Waals surface area contributed by atoms with Crippen LogP contribution in [0.2, 0.25) is 0 Å². The predicted molar refractivity (Wildman–Crippen MR) is 155 cm³/mol. The quantitative estimate of drug-likeness (QED) is 0.276. The zero-order chi connectivity index (χ0) is 28.2. The molecule has 1 aliphatic heterocycles. The highest BCUT2D eigenvalue weighted by Gasteiger charge is 2.23. The number of hydrogen-bond donors (Lipinski definition) is 0. The van der Waals surface area contributed by atoms with Gasteiger partial charge in [-0.05, 0) is 70.2 Å². The molecule has 0 unspecified atom stereocenters. The topological polar surface area (TPSA) is 67.3 Å². The minimum absolute atomic E-state index is 0.0451. The minimum Gasteiger partial charge on any atom is -0.484 e. The summed E-state index contributed by atoms with van der Waals surface area (Å²) in [5, 5.41) is 0.969. The van der Waals surface area contributed by atoms with Crippen LogP contribution in [0.4, 0.5) is 10.1 Å². The number of halogens is 1. The van der Waals surface area contributed by atoms with Crippen LogP contribution in [0.3, 0.4) is 0 Å². The van der Waals surface area contributed by atoms with Crippen LogP contribution in [-0.4, -0.2) is 60.6 Å². The molecule has 0 aliphatic carbocycles. The van der Waals surface area contributed by atoms with Crippen molar-refractivity contribution in [2.75, 3.05) is 38.2 Å². The summed E-state index contributed by atoms with van der Waals surface area (Å²) in [5.74, 6) is 0.669. The SMILES string of the molecule is C=C(/N=C(/CCC(=O)N1CCN(c2ccc(F)cc2)CC1)OC)c1cc2cc(C)ccc2nc1OC(C)(C)C. The molecule has 0 spiro atoms. The van der Waals surface area contributed by atoms with E-state index in [1.54, 1.807) is 19.2 Å². The number of anilines is 1. The molecule has 0 atom stereocenters. The zero-order valence-corrected chi connectivity index (χ0v) is 23.5. The Kier molecular flexibility index (Phi) is 8.53. The number of carbonyl (C=O) groups excluding carboxylic acids is 1. The van der Waals surface area contributed by atoms with Crippen molar-refractivity contribution >= 4 is 34.1 Å². The van der Waals surface area contributed by atoms with Crippen LogP contribution in [0.25, 0.3) is 16.6 Å². The molecular weight excluding hydrogens is 495 g/mol. The van der Waals surface area contributed by atoms with Gasteiger partial charge in [-0.25, -0.2) is 14.4 Å². The molecule has 39 heavy (non-hydrogen) atoms. The van der Waals surface area contributed by atoms with Gasteiger partial charge in [0.15, 0.2) is 5.90 Å². The first-order valence-corrected chi connectivity index (χ1v) is 13.2. The number of pyridine rings is 1. The van der Waals surface area contributed by atoms with Crippen LogP contribution < -0.4 is 9.64 Å². The van der Waals surface area contributed by atoms with Crippen LogP contribution in [0.5, 0.6) is 5.88 Å². The van der Waals surface area contributed by atoms with Gasteiger partial charge in [-0.1, -0.05) is 18.2 Å². The van der Waals surface area contributed by atoms with E-state index in [1.807, 2.05) is 50.8 Å². The Labute approximate surface area is 230 Å². The first-order valence-electron chi connectivity index (χ1n) is 13.2. The predicted octanol–water partition coefficient (Wildman–Crippen LogP) is 6.00. The monoisotopic (exact) mass is 532 g/mol. The van der Waals surface area contributed by atoms with E-state index >= 15 is 0 Å². The Morgan fingerprint density at radius 2 is 1.74 bits per heavy atom. The molecule has 0 saturated carbocycles. The fourth-order valence-electron chi connectivity index (χ4n) is 4.51. The Hall–Kier alpha value is -3.94. The lowest BCUT2D eigenvalue weighted by molar-refractivity contribution is -0.131. The molecule has 4 rings (SSSR count). The van der Waals surface area contributed by atoms with Gasteiger partial charge in [-0.3, -0.25) is 4.79 Å². The number of amides is 1. The van der Waals surface area contributed by atoms with E-state index in [9.17, 15) is 9.18 Å². The van der Waals surface area contributed by atoms with Crippen molar-refractivity contribution in [1.29, 1.82) is 0 Å². The number of aryl methyl sites for hydroxylation is 1. The number of aromatic nitrogens is 1. The molecule has 1 aliphatic rings. The molecule has 0 radical (unpaired) electrons. The van der Waals surface area contributed by atoms with Crippen LogP contribution in [0.1, 0.15) is 44.7 Å². The van der Waals surface area contributed by atoms with Gasteiger partial charge in [-0.15, -0.1) is 0 Å². The number of ether oxygens (including phenoxy) is 2. The largest absolute Gasteiger partial charge is 0.484 e. The number of benzene rings is 2. The van der Waals surface area contributed by atoms with Crippen molar-refractivity contribution < 1.29 is 18.7 Å². The lowest BCUT2D eigenvalue weighted by Crippen LogP contribution is -2.48. The molecule has 8 heteroatoms. The molecule has 2 heterocycles. The fourth-order valence-corrected chi connectivity index (χ4v) is 4.51. The van der Waals surface area contributed by atoms with Crippen molar-refractivity contribution in [3.8, 4) is 5.88 Å². The standard InChI is InChI=1S/C31H37FN4O3/c1-21-7-12-27-23(19-21)20-26(30(34-27)39-31(3,4)5)22(2)33-28(38-6)13-14-29(37)36-17-15-35(16-18-36)25-10-8-24(32)9-11-25/h7-12,19-20H,2,13-18H2,1,3-6H3/b33-28-. The molecule has 1 aromatic heterocycles. The molecule has 0 N–H and O–H groups in total. The first kappa shape index (κ1) is 28.1. The highest BCUT2D eigenvalue weighted by atomic mass is 19.1. The van der Waals surface area contributed by atoms with Crippen LogP contribution in [0, 0.1) is 12.7 Å². The number of fused-ring (bicyclic) bond motifs is 1. The number of hydrogen-bond acceptors (Lipinski definition) is 6. The minimum atomic E-state index is -0.457. The number of carbonyl (C=O) groups is 1. The molecule has 7 nitrogen and oxygen atoms in total. The number of nitrogens with zero attached hydrogens (tertiary/aromatic N) is 4. The Morgan fingerprint density at radius 1 is 1.05 bits per heavy atom. The number of aliphatic imine (C=N–C) groups is 1. The summed E-state index contributed by atoms with van der Waals surface area (Å²) in [6.07, 6.45) is 0.624. The summed E-state index contributed by atoms with van der Waals surface area (Å²) in [6.45, 7) is 14.7. The third kappa shape index (κ3) is 7.34. The Balaban J connectivity index is 1.42. The van der Waals surface area contributed by atoms with E-state index in [1.165, 1.54) is 12.1 Å². The number of rotatable bonds is 7. The third-order valence-corrected chi connectivity index (χ3v) is 6.52. The highest BCUT2D eigenvalue weighted by Crippen LogP contribution is 2.31. The first-order chi connectivity index (χ1) is 18.5. The highest BCUT2D eigenvalue weighted by molar-refractivity contribution is 5.90. The van der Waals surface area contributed by atoms with Gasteiger partial charge in [-0.2, -0.15) is 0 Å². The molecule has 0 bridgehead atoms. The lowest BCUT2D eigenvalue weighted by Gasteiger charge is -2.36. The van der Waals surface area contributed by atoms with E-state index in [-0.39, 0.29) is 18.1 Å². The third-order valence-electron chi connectivity index (χ3n) is 6.52. The van der Waals surface area contributed by atoms with Crippen molar-refractivity contribution in [3.63, 3.8) is 0 Å². The summed E-state index contributed by atoms with van der Waals surface area (Å²) < 4.78 is 24.9. The van der Waals surface area contributed by atoms with Gasteiger partial charge in [0, 0.05) is 50.1 Å². The maximum atomic E-state index is 13.2. The van der Waals surface area contributed by atoms with Gasteiger partial charge >= 0.3 is 0 Å². The van der Waals surface area contributed by atoms with Gasteiger partial charge in [0.2, 0.25) is 11.8 Å². The molecular formula is C31H37FN4O3. The van der Waals surface area contributed by atoms with Crippen molar-refractivity contribution in [3.05, 3.63) is 72.1 Å². The number of methoxy groups -OCH3 is 1. The Bertz CT molecular complexity index is 1370. The van der Waals surface area contributed by atoms with Gasteiger partial charge in [0.1, 0.15) is 11.4 Å². The average molecular weight is 533 g/mol. The average Bonchev–Trinajstić information content (AvgIpc) is 2.90. The second-order valence-corrected chi connectivity index (χ2v) is 10.8. The smallest absolute Gasteiger partial charge is 0.224 e. The van der Waals surface area contributed by atoms with E-state index in [2.05, 4.69) is 22.5 Å². The van der Waals surface area contributed by atoms with Crippen molar-refractivity contribution in [1.82, 2.24) is 9.88 Å². The molecule has 1 amide bonds. The van der Waals surface area contributed by atoms with E-state index in [0.29, 0.717) is 55.6 Å². The lowest BCUT2D eigenvalue weighted by atomic mass is 10.1. The van der Waals surface area contributed by atoms with E-state index in [0.717, 1.165) is 22.2 Å². The van der Waals surface area contributed by atoms with Crippen LogP contribution in [0.15, 0.2) is 60.1 Å². The van der Waals surface area contributed by atoms with E-state index < -0.39 is 5.60 Å². The van der Waals surface area contributed by atoms with Crippen LogP contribution in [-0.2, 0) is 9.53 Å². The van der Waals surface area contributed by atoms with Gasteiger partial charge < -0.3 is 19.3 Å². The number of piperazine rings is 1. The molecule has 3 aromatic rings. The van der Waals surface area contributed by atoms with Crippen molar-refractivity contribution in [2.45, 2.75) is 46.1 Å². The molecule has 1 fully saturated rings. The Morgan fingerprint density at radius 3 is 2.38 bits per heavy atom. The molecule has 2 aromatic carbocycles. The van der Waals surface area contributed by atoms with E-state index in [4.69, 9.17) is 14.5 Å². The maximum Gasteiger partial charge on any atom is 0.224 e. The maximum absolute atomic E-state index is 13.2. The van der Waals surface area contributed by atoms with Gasteiger partial charge in [0.05, 0.1) is 23.9 Å².